The summed E-state index contributed by atoms with van der Waals surface area (Å²) in [7, 11) is 0. The number of rotatable bonds is 6. The molecule has 3 aromatic rings. The van der Waals surface area contributed by atoms with E-state index in [0.29, 0.717) is 13.0 Å². The molecule has 1 fully saturated rings. The smallest absolute Gasteiger partial charge is 0.156 e. The minimum Gasteiger partial charge on any atom is -0.493 e. The molecule has 29 heavy (non-hydrogen) atoms. The quantitative estimate of drug-likeness (QED) is 0.561. The van der Waals surface area contributed by atoms with Gasteiger partial charge in [-0.05, 0) is 55.2 Å². The zero-order valence-corrected chi connectivity index (χ0v) is 16.6. The minimum absolute atomic E-state index is 0.207. The molecule has 1 aliphatic heterocycles. The average Bonchev–Trinajstić information content (AvgIpc) is 3.15. The molecule has 0 spiro atoms. The molecule has 0 aliphatic carbocycles. The number of anilines is 1. The Bertz CT molecular complexity index is 986. The van der Waals surface area contributed by atoms with Crippen LogP contribution in [0.25, 0.3) is 6.08 Å². The molecule has 0 atom stereocenters. The molecule has 1 saturated heterocycles. The van der Waals surface area contributed by atoms with Crippen LogP contribution in [0.3, 0.4) is 0 Å². The Morgan fingerprint density at radius 3 is 2.72 bits per heavy atom. The van der Waals surface area contributed by atoms with E-state index in [2.05, 4.69) is 28.3 Å². The fourth-order valence-corrected chi connectivity index (χ4v) is 3.69. The van der Waals surface area contributed by atoms with E-state index in [4.69, 9.17) is 9.26 Å². The first kappa shape index (κ1) is 19.2. The van der Waals surface area contributed by atoms with Gasteiger partial charge in [0, 0.05) is 19.5 Å². The zero-order valence-electron chi connectivity index (χ0n) is 16.6. The first-order chi connectivity index (χ1) is 14.2. The van der Waals surface area contributed by atoms with Crippen molar-refractivity contribution in [2.24, 2.45) is 0 Å². The molecule has 150 valence electrons. The Balaban J connectivity index is 1.32. The summed E-state index contributed by atoms with van der Waals surface area (Å²) in [6.07, 6.45) is 6.79. The van der Waals surface area contributed by atoms with E-state index in [1.54, 1.807) is 18.3 Å². The Kier molecular flexibility index (Phi) is 5.94. The number of benzene rings is 2. The molecule has 0 N–H and O–H groups in total. The number of halogens is 1. The number of aryl methyl sites for hydroxylation is 1. The lowest BCUT2D eigenvalue weighted by Gasteiger charge is -2.29. The predicted octanol–water partition coefficient (Wildman–Crippen LogP) is 5.43. The summed E-state index contributed by atoms with van der Waals surface area (Å²) < 4.78 is 24.3. The van der Waals surface area contributed by atoms with Crippen LogP contribution in [0.15, 0.2) is 64.8 Å². The zero-order chi connectivity index (χ0) is 20.1. The number of ether oxygens (including phenoxy) is 1. The van der Waals surface area contributed by atoms with Crippen LogP contribution in [0.4, 0.5) is 10.1 Å². The van der Waals surface area contributed by atoms with Gasteiger partial charge in [0.15, 0.2) is 5.76 Å². The van der Waals surface area contributed by atoms with Crippen LogP contribution < -0.4 is 9.64 Å². The lowest BCUT2D eigenvalue weighted by Crippen LogP contribution is -2.30. The van der Waals surface area contributed by atoms with Gasteiger partial charge >= 0.3 is 0 Å². The van der Waals surface area contributed by atoms with Crippen molar-refractivity contribution in [2.45, 2.75) is 26.2 Å². The third-order valence-corrected chi connectivity index (χ3v) is 5.25. The van der Waals surface area contributed by atoms with Crippen LogP contribution in [-0.2, 0) is 6.42 Å². The number of aromatic nitrogens is 1. The van der Waals surface area contributed by atoms with E-state index in [0.717, 1.165) is 54.3 Å². The monoisotopic (exact) mass is 392 g/mol. The minimum atomic E-state index is -0.207. The normalized spacial score (nSPS) is 14.1. The highest BCUT2D eigenvalue weighted by atomic mass is 19.1. The van der Waals surface area contributed by atoms with Crippen LogP contribution in [0.1, 0.15) is 29.7 Å². The van der Waals surface area contributed by atoms with Crippen LogP contribution in [0.5, 0.6) is 5.75 Å². The highest BCUT2D eigenvalue weighted by molar-refractivity contribution is 5.57. The van der Waals surface area contributed by atoms with Crippen molar-refractivity contribution in [2.75, 3.05) is 24.6 Å². The molecular formula is C24H25FN2O2. The number of hydrogen-bond donors (Lipinski definition) is 0. The third-order valence-electron chi connectivity index (χ3n) is 5.25. The maximum atomic E-state index is 13.3. The number of piperidine rings is 1. The second-order valence-electron chi connectivity index (χ2n) is 7.36. The van der Waals surface area contributed by atoms with Gasteiger partial charge in [-0.15, -0.1) is 0 Å². The van der Waals surface area contributed by atoms with Gasteiger partial charge in [-0.25, -0.2) is 4.39 Å². The standard InChI is InChI=1S/C24H25FN2O2/c1-18-24(17-26-29-18)27-11-8-20(9-12-27)14-21-5-3-7-23(16-21)28-13-10-19-4-2-6-22(25)15-19/h2-7,14-17H,8-13H2,1H3. The molecular weight excluding hydrogens is 367 g/mol. The van der Waals surface area contributed by atoms with Crippen molar-refractivity contribution >= 4 is 11.8 Å². The highest BCUT2D eigenvalue weighted by Crippen LogP contribution is 2.27. The van der Waals surface area contributed by atoms with Gasteiger partial charge in [0.25, 0.3) is 0 Å². The molecule has 5 heteroatoms. The van der Waals surface area contributed by atoms with Crippen molar-refractivity contribution in [3.05, 3.63) is 83.0 Å². The van der Waals surface area contributed by atoms with Gasteiger partial charge in [0.1, 0.15) is 17.3 Å². The molecule has 0 bridgehead atoms. The van der Waals surface area contributed by atoms with Crippen molar-refractivity contribution in [1.82, 2.24) is 5.16 Å². The van der Waals surface area contributed by atoms with Gasteiger partial charge in [0.05, 0.1) is 12.8 Å². The van der Waals surface area contributed by atoms with Gasteiger partial charge in [-0.3, -0.25) is 0 Å². The summed E-state index contributed by atoms with van der Waals surface area (Å²) in [6.45, 7) is 4.42. The van der Waals surface area contributed by atoms with Gasteiger partial charge < -0.3 is 14.2 Å². The average molecular weight is 392 g/mol. The summed E-state index contributed by atoms with van der Waals surface area (Å²) in [4.78, 5) is 2.33. The summed E-state index contributed by atoms with van der Waals surface area (Å²) in [6, 6.07) is 14.8. The van der Waals surface area contributed by atoms with Crippen LogP contribution in [0, 0.1) is 12.7 Å². The Labute approximate surface area is 170 Å². The molecule has 2 heterocycles. The lowest BCUT2D eigenvalue weighted by atomic mass is 10.0. The Morgan fingerprint density at radius 2 is 1.97 bits per heavy atom. The molecule has 0 radical (unpaired) electrons. The van der Waals surface area contributed by atoms with Crippen molar-refractivity contribution < 1.29 is 13.7 Å². The molecule has 1 aromatic heterocycles. The van der Waals surface area contributed by atoms with Crippen LogP contribution in [0.2, 0.25) is 0 Å². The predicted molar refractivity (Wildman–Crippen MR) is 113 cm³/mol. The fourth-order valence-electron chi connectivity index (χ4n) is 3.69. The Morgan fingerprint density at radius 1 is 1.14 bits per heavy atom. The Hall–Kier alpha value is -3.08. The molecule has 0 saturated carbocycles. The van der Waals surface area contributed by atoms with E-state index in [1.165, 1.54) is 11.6 Å². The fraction of sp³-hybridized carbons (Fsp3) is 0.292. The van der Waals surface area contributed by atoms with E-state index in [1.807, 2.05) is 25.1 Å². The third kappa shape index (κ3) is 5.05. The van der Waals surface area contributed by atoms with E-state index in [9.17, 15) is 4.39 Å². The van der Waals surface area contributed by atoms with Gasteiger partial charge in [0.2, 0.25) is 0 Å². The molecule has 4 nitrogen and oxygen atoms in total. The molecule has 4 rings (SSSR count). The SMILES string of the molecule is Cc1oncc1N1CCC(=Cc2cccc(OCCc3cccc(F)c3)c2)CC1. The molecule has 0 amide bonds. The van der Waals surface area contributed by atoms with Gasteiger partial charge in [-0.2, -0.15) is 0 Å². The number of nitrogens with zero attached hydrogens (tertiary/aromatic N) is 2. The van der Waals surface area contributed by atoms with Crippen molar-refractivity contribution in [3.8, 4) is 5.75 Å². The maximum absolute atomic E-state index is 13.3. The van der Waals surface area contributed by atoms with Crippen LogP contribution in [-0.4, -0.2) is 24.9 Å². The first-order valence-electron chi connectivity index (χ1n) is 10.0. The van der Waals surface area contributed by atoms with E-state index in [-0.39, 0.29) is 5.82 Å². The van der Waals surface area contributed by atoms with Crippen molar-refractivity contribution in [3.63, 3.8) is 0 Å². The summed E-state index contributed by atoms with van der Waals surface area (Å²) >= 11 is 0. The van der Waals surface area contributed by atoms with Crippen LogP contribution >= 0.6 is 0 Å². The topological polar surface area (TPSA) is 38.5 Å². The second kappa shape index (κ2) is 8.95. The highest BCUT2D eigenvalue weighted by Gasteiger charge is 2.18. The van der Waals surface area contributed by atoms with Gasteiger partial charge in [-0.1, -0.05) is 41.1 Å². The summed E-state index contributed by atoms with van der Waals surface area (Å²) in [5, 5.41) is 3.88. The van der Waals surface area contributed by atoms with E-state index < -0.39 is 0 Å². The first-order valence-corrected chi connectivity index (χ1v) is 10.0. The largest absolute Gasteiger partial charge is 0.493 e. The molecule has 2 aromatic carbocycles. The lowest BCUT2D eigenvalue weighted by molar-refractivity contribution is 0.321. The van der Waals surface area contributed by atoms with Crippen molar-refractivity contribution in [1.29, 1.82) is 0 Å². The number of hydrogen-bond acceptors (Lipinski definition) is 4. The second-order valence-corrected chi connectivity index (χ2v) is 7.36. The summed E-state index contributed by atoms with van der Waals surface area (Å²) in [5.74, 6) is 1.51. The van der Waals surface area contributed by atoms with E-state index >= 15 is 0 Å². The molecule has 1 aliphatic rings. The summed E-state index contributed by atoms with van der Waals surface area (Å²) in [5.41, 5.74) is 4.63. The molecule has 0 unspecified atom stereocenters. The maximum Gasteiger partial charge on any atom is 0.156 e.